The molecule has 1 fully saturated rings. The van der Waals surface area contributed by atoms with Crippen molar-refractivity contribution in [3.63, 3.8) is 0 Å². The third-order valence-corrected chi connectivity index (χ3v) is 5.90. The van der Waals surface area contributed by atoms with E-state index in [1.54, 1.807) is 6.92 Å². The van der Waals surface area contributed by atoms with Crippen LogP contribution >= 0.6 is 0 Å². The van der Waals surface area contributed by atoms with Crippen LogP contribution in [0.4, 0.5) is 0 Å². The molecule has 2 rings (SSSR count). The highest BCUT2D eigenvalue weighted by atomic mass is 32.2. The fourth-order valence-corrected chi connectivity index (χ4v) is 4.49. The van der Waals surface area contributed by atoms with Gasteiger partial charge in [0.05, 0.1) is 0 Å². The summed E-state index contributed by atoms with van der Waals surface area (Å²) in [5.41, 5.74) is 0.656. The van der Waals surface area contributed by atoms with Gasteiger partial charge in [-0.1, -0.05) is 13.3 Å². The van der Waals surface area contributed by atoms with Crippen LogP contribution in [0.25, 0.3) is 0 Å². The number of aromatic amines is 1. The third-order valence-electron chi connectivity index (χ3n) is 4.23. The lowest BCUT2D eigenvalue weighted by atomic mass is 10.0. The Balaban J connectivity index is 2.22. The lowest BCUT2D eigenvalue weighted by molar-refractivity contribution is 0.0690. The fourth-order valence-electron chi connectivity index (χ4n) is 2.89. The summed E-state index contributed by atoms with van der Waals surface area (Å²) in [6, 6.07) is 0. The van der Waals surface area contributed by atoms with Crippen LogP contribution in [0, 0.1) is 19.3 Å². The zero-order chi connectivity index (χ0) is 15.8. The summed E-state index contributed by atoms with van der Waals surface area (Å²) in [6.07, 6.45) is 4.15. The summed E-state index contributed by atoms with van der Waals surface area (Å²) in [6.45, 7) is 5.61. The van der Waals surface area contributed by atoms with Crippen LogP contribution in [0.3, 0.4) is 0 Å². The van der Waals surface area contributed by atoms with Gasteiger partial charge in [-0.25, -0.2) is 17.9 Å². The number of carboxylic acids is 1. The molecule has 21 heavy (non-hydrogen) atoms. The highest BCUT2D eigenvalue weighted by Gasteiger charge is 2.42. The first kappa shape index (κ1) is 16.0. The van der Waals surface area contributed by atoms with Crippen molar-refractivity contribution >= 4 is 16.0 Å². The molecule has 0 radical (unpaired) electrons. The maximum absolute atomic E-state index is 12.5. The van der Waals surface area contributed by atoms with E-state index >= 15 is 0 Å². The van der Waals surface area contributed by atoms with E-state index in [0.717, 1.165) is 25.7 Å². The maximum atomic E-state index is 12.5. The average molecular weight is 314 g/mol. The molecule has 1 aromatic heterocycles. The van der Waals surface area contributed by atoms with Gasteiger partial charge >= 0.3 is 5.97 Å². The molecule has 0 amide bonds. The second-order valence-corrected chi connectivity index (χ2v) is 7.66. The van der Waals surface area contributed by atoms with Crippen molar-refractivity contribution in [2.75, 3.05) is 6.54 Å². The van der Waals surface area contributed by atoms with Crippen molar-refractivity contribution in [1.82, 2.24) is 9.71 Å². The Hall–Kier alpha value is -1.34. The van der Waals surface area contributed by atoms with E-state index in [2.05, 4.69) is 16.6 Å². The lowest BCUT2D eigenvalue weighted by Crippen LogP contribution is -2.31. The molecular weight excluding hydrogens is 292 g/mol. The Morgan fingerprint density at radius 1 is 1.38 bits per heavy atom. The summed E-state index contributed by atoms with van der Waals surface area (Å²) in [5.74, 6) is -1.15. The molecule has 1 aliphatic rings. The van der Waals surface area contributed by atoms with Gasteiger partial charge in [0.15, 0.2) is 0 Å². The van der Waals surface area contributed by atoms with Gasteiger partial charge in [-0.3, -0.25) is 0 Å². The number of hydrogen-bond donors (Lipinski definition) is 3. The number of aryl methyl sites for hydroxylation is 1. The van der Waals surface area contributed by atoms with E-state index in [9.17, 15) is 13.2 Å². The van der Waals surface area contributed by atoms with Crippen LogP contribution < -0.4 is 4.72 Å². The van der Waals surface area contributed by atoms with Crippen molar-refractivity contribution in [1.29, 1.82) is 0 Å². The molecule has 0 atom stereocenters. The topological polar surface area (TPSA) is 99.3 Å². The molecule has 0 aliphatic heterocycles. The minimum Gasteiger partial charge on any atom is -0.477 e. The number of aromatic nitrogens is 1. The van der Waals surface area contributed by atoms with E-state index in [-0.39, 0.29) is 21.6 Å². The zero-order valence-corrected chi connectivity index (χ0v) is 13.4. The number of aromatic carboxylic acids is 1. The monoisotopic (exact) mass is 314 g/mol. The predicted molar refractivity (Wildman–Crippen MR) is 79.0 cm³/mol. The van der Waals surface area contributed by atoms with Gasteiger partial charge in [0, 0.05) is 17.8 Å². The van der Waals surface area contributed by atoms with Crippen molar-refractivity contribution in [2.45, 2.75) is 51.3 Å². The van der Waals surface area contributed by atoms with Crippen molar-refractivity contribution in [3.05, 3.63) is 17.0 Å². The molecule has 0 unspecified atom stereocenters. The molecule has 118 valence electrons. The van der Waals surface area contributed by atoms with E-state index in [1.807, 2.05) is 0 Å². The number of rotatable bonds is 7. The predicted octanol–water partition coefficient (Wildman–Crippen LogP) is 2.19. The summed E-state index contributed by atoms with van der Waals surface area (Å²) in [4.78, 5) is 13.8. The quantitative estimate of drug-likeness (QED) is 0.718. The largest absolute Gasteiger partial charge is 0.477 e. The molecule has 0 spiro atoms. The Morgan fingerprint density at radius 2 is 2.00 bits per heavy atom. The van der Waals surface area contributed by atoms with E-state index in [0.29, 0.717) is 12.2 Å². The molecule has 0 saturated heterocycles. The first-order valence-electron chi connectivity index (χ1n) is 7.14. The number of sulfonamides is 1. The maximum Gasteiger partial charge on any atom is 0.352 e. The smallest absolute Gasteiger partial charge is 0.352 e. The number of carbonyl (C=O) groups is 1. The van der Waals surface area contributed by atoms with Crippen molar-refractivity contribution < 1.29 is 18.3 Å². The summed E-state index contributed by atoms with van der Waals surface area (Å²) < 4.78 is 27.6. The van der Waals surface area contributed by atoms with Gasteiger partial charge < -0.3 is 10.1 Å². The van der Waals surface area contributed by atoms with Gasteiger partial charge in [-0.05, 0) is 38.5 Å². The number of hydrogen-bond acceptors (Lipinski definition) is 3. The normalized spacial score (nSPS) is 16.9. The van der Waals surface area contributed by atoms with E-state index in [4.69, 9.17) is 5.11 Å². The molecule has 0 aromatic carbocycles. The van der Waals surface area contributed by atoms with Crippen LogP contribution in [-0.4, -0.2) is 31.0 Å². The van der Waals surface area contributed by atoms with E-state index in [1.165, 1.54) is 6.92 Å². The van der Waals surface area contributed by atoms with Gasteiger partial charge in [0.25, 0.3) is 0 Å². The Bertz CT molecular complexity index is 657. The van der Waals surface area contributed by atoms with Gasteiger partial charge in [-0.15, -0.1) is 0 Å². The summed E-state index contributed by atoms with van der Waals surface area (Å²) >= 11 is 0. The first-order valence-corrected chi connectivity index (χ1v) is 8.63. The molecule has 3 N–H and O–H groups in total. The molecule has 1 aliphatic carbocycles. The number of H-pyrrole nitrogens is 1. The molecule has 6 nitrogen and oxygen atoms in total. The highest BCUT2D eigenvalue weighted by molar-refractivity contribution is 7.89. The molecular formula is C14H22N2O4S. The molecule has 7 heteroatoms. The Morgan fingerprint density at radius 3 is 2.43 bits per heavy atom. The SMILES string of the molecule is CCCC1(CNS(=O)(=O)c2c(C)[nH]c(C(=O)O)c2C)CC1. The second kappa shape index (κ2) is 5.46. The van der Waals surface area contributed by atoms with Crippen LogP contribution in [-0.2, 0) is 10.0 Å². The summed E-state index contributed by atoms with van der Waals surface area (Å²) in [5, 5.41) is 9.06. The van der Waals surface area contributed by atoms with Gasteiger partial charge in [0.2, 0.25) is 10.0 Å². The Kier molecular flexibility index (Phi) is 4.17. The molecule has 1 saturated carbocycles. The van der Waals surface area contributed by atoms with E-state index < -0.39 is 16.0 Å². The van der Waals surface area contributed by atoms with Crippen LogP contribution in [0.2, 0.25) is 0 Å². The van der Waals surface area contributed by atoms with Crippen molar-refractivity contribution in [2.24, 2.45) is 5.41 Å². The van der Waals surface area contributed by atoms with Gasteiger partial charge in [-0.2, -0.15) is 0 Å². The molecule has 1 heterocycles. The second-order valence-electron chi connectivity index (χ2n) is 5.96. The average Bonchev–Trinajstić information content (AvgIpc) is 3.07. The minimum absolute atomic E-state index is 0.0622. The van der Waals surface area contributed by atoms with Gasteiger partial charge in [0.1, 0.15) is 10.6 Å². The zero-order valence-electron chi connectivity index (χ0n) is 12.6. The highest BCUT2D eigenvalue weighted by Crippen LogP contribution is 2.49. The van der Waals surface area contributed by atoms with Crippen LogP contribution in [0.15, 0.2) is 4.90 Å². The molecule has 0 bridgehead atoms. The Labute approximate surface area is 125 Å². The van der Waals surface area contributed by atoms with Crippen LogP contribution in [0.5, 0.6) is 0 Å². The number of carboxylic acid groups (broad SMARTS) is 1. The minimum atomic E-state index is -3.69. The summed E-state index contributed by atoms with van der Waals surface area (Å²) in [7, 11) is -3.69. The number of nitrogens with one attached hydrogen (secondary N) is 2. The van der Waals surface area contributed by atoms with Crippen LogP contribution in [0.1, 0.15) is 54.4 Å². The molecule has 1 aromatic rings. The first-order chi connectivity index (χ1) is 9.72. The standard InChI is InChI=1S/C14H22N2O4S/c1-4-5-14(6-7-14)8-15-21(19,20)12-9(2)11(13(17)18)16-10(12)3/h15-16H,4-8H2,1-3H3,(H,17,18). The fraction of sp³-hybridized carbons (Fsp3) is 0.643. The third kappa shape index (κ3) is 3.13. The van der Waals surface area contributed by atoms with Crippen molar-refractivity contribution in [3.8, 4) is 0 Å². The lowest BCUT2D eigenvalue weighted by Gasteiger charge is -2.15.